The van der Waals surface area contributed by atoms with Gasteiger partial charge in [-0.2, -0.15) is 0 Å². The Hall–Kier alpha value is -3.39. The van der Waals surface area contributed by atoms with Gasteiger partial charge in [0.2, 0.25) is 11.7 Å². The minimum atomic E-state index is -0.721. The van der Waals surface area contributed by atoms with Crippen molar-refractivity contribution in [1.82, 2.24) is 9.38 Å². The fourth-order valence-corrected chi connectivity index (χ4v) is 3.92. The van der Waals surface area contributed by atoms with Gasteiger partial charge in [0, 0.05) is 22.8 Å². The largest absolute Gasteiger partial charge is 0.462 e. The van der Waals surface area contributed by atoms with E-state index in [1.165, 1.54) is 0 Å². The number of benzene rings is 1. The molecule has 0 aliphatic carbocycles. The number of esters is 1. The van der Waals surface area contributed by atoms with Crippen LogP contribution in [0.15, 0.2) is 53.7 Å². The van der Waals surface area contributed by atoms with Crippen LogP contribution in [0, 0.1) is 13.8 Å². The SMILES string of the molecule is CCOC(=O)C1=C(Nc2ccccc2)O/C(=C\c2c(C)nc3sc(C)cn23)C1=O. The highest BCUT2D eigenvalue weighted by molar-refractivity contribution is 7.17. The van der Waals surface area contributed by atoms with Crippen LogP contribution in [-0.4, -0.2) is 27.7 Å². The lowest BCUT2D eigenvalue weighted by atomic mass is 10.1. The number of ketones is 1. The molecule has 0 atom stereocenters. The Kier molecular flexibility index (Phi) is 4.94. The molecular formula is C21H19N3O4S. The van der Waals surface area contributed by atoms with Gasteiger partial charge in [-0.05, 0) is 32.9 Å². The van der Waals surface area contributed by atoms with Crippen molar-refractivity contribution in [3.8, 4) is 0 Å². The number of aromatic nitrogens is 2. The number of para-hydroxylation sites is 1. The summed E-state index contributed by atoms with van der Waals surface area (Å²) < 4.78 is 12.8. The average Bonchev–Trinajstić information content (AvgIpc) is 3.28. The second-order valence-corrected chi connectivity index (χ2v) is 7.65. The first kappa shape index (κ1) is 18.9. The van der Waals surface area contributed by atoms with Crippen molar-refractivity contribution >= 4 is 39.8 Å². The van der Waals surface area contributed by atoms with Crippen LogP contribution in [0.4, 0.5) is 5.69 Å². The van der Waals surface area contributed by atoms with E-state index in [9.17, 15) is 9.59 Å². The van der Waals surface area contributed by atoms with Gasteiger partial charge in [-0.1, -0.05) is 18.2 Å². The summed E-state index contributed by atoms with van der Waals surface area (Å²) in [6, 6.07) is 9.17. The number of hydrogen-bond acceptors (Lipinski definition) is 7. The van der Waals surface area contributed by atoms with Crippen LogP contribution in [0.5, 0.6) is 0 Å². The van der Waals surface area contributed by atoms with E-state index < -0.39 is 11.8 Å². The van der Waals surface area contributed by atoms with E-state index in [4.69, 9.17) is 9.47 Å². The van der Waals surface area contributed by atoms with Crippen molar-refractivity contribution in [3.63, 3.8) is 0 Å². The number of allylic oxidation sites excluding steroid dienone is 1. The zero-order valence-electron chi connectivity index (χ0n) is 16.2. The number of ether oxygens (including phenoxy) is 2. The van der Waals surface area contributed by atoms with Crippen LogP contribution in [-0.2, 0) is 19.1 Å². The number of nitrogens with one attached hydrogen (secondary N) is 1. The van der Waals surface area contributed by atoms with Crippen molar-refractivity contribution in [2.75, 3.05) is 11.9 Å². The summed E-state index contributed by atoms with van der Waals surface area (Å²) in [7, 11) is 0. The number of fused-ring (bicyclic) bond motifs is 1. The first-order valence-electron chi connectivity index (χ1n) is 9.10. The Morgan fingerprint density at radius 1 is 1.31 bits per heavy atom. The molecular weight excluding hydrogens is 390 g/mol. The summed E-state index contributed by atoms with van der Waals surface area (Å²) in [5, 5.41) is 3.00. The third-order valence-electron chi connectivity index (χ3n) is 4.33. The molecule has 0 saturated carbocycles. The molecule has 4 rings (SSSR count). The molecule has 0 fully saturated rings. The quantitative estimate of drug-likeness (QED) is 0.392. The first-order valence-corrected chi connectivity index (χ1v) is 9.92. The molecule has 1 N–H and O–H groups in total. The monoisotopic (exact) mass is 409 g/mol. The van der Waals surface area contributed by atoms with Crippen LogP contribution in [0.3, 0.4) is 0 Å². The number of anilines is 1. The molecule has 0 spiro atoms. The van der Waals surface area contributed by atoms with Gasteiger partial charge in [0.05, 0.1) is 18.0 Å². The van der Waals surface area contributed by atoms with Crippen molar-refractivity contribution in [3.05, 3.63) is 70.0 Å². The fraction of sp³-hybridized carbons (Fsp3) is 0.190. The zero-order valence-corrected chi connectivity index (χ0v) is 17.0. The van der Waals surface area contributed by atoms with Crippen LogP contribution < -0.4 is 5.32 Å². The minimum Gasteiger partial charge on any atom is -0.462 e. The second kappa shape index (κ2) is 7.56. The lowest BCUT2D eigenvalue weighted by Crippen LogP contribution is -2.16. The third-order valence-corrected chi connectivity index (χ3v) is 5.23. The summed E-state index contributed by atoms with van der Waals surface area (Å²) in [6.45, 7) is 5.70. The van der Waals surface area contributed by atoms with E-state index in [0.717, 1.165) is 21.2 Å². The highest BCUT2D eigenvalue weighted by atomic mass is 32.1. The zero-order chi connectivity index (χ0) is 20.5. The maximum absolute atomic E-state index is 13.0. The van der Waals surface area contributed by atoms with E-state index in [2.05, 4.69) is 10.3 Å². The van der Waals surface area contributed by atoms with Gasteiger partial charge in [0.1, 0.15) is 0 Å². The van der Waals surface area contributed by atoms with Gasteiger partial charge < -0.3 is 14.8 Å². The molecule has 1 aliphatic heterocycles. The van der Waals surface area contributed by atoms with E-state index >= 15 is 0 Å². The Morgan fingerprint density at radius 2 is 2.07 bits per heavy atom. The maximum atomic E-state index is 13.0. The molecule has 1 aromatic carbocycles. The van der Waals surface area contributed by atoms with Crippen molar-refractivity contribution < 1.29 is 19.1 Å². The van der Waals surface area contributed by atoms with Gasteiger partial charge >= 0.3 is 5.97 Å². The Labute approximate surface area is 171 Å². The van der Waals surface area contributed by atoms with Crippen molar-refractivity contribution in [2.24, 2.45) is 0 Å². The number of hydrogen-bond donors (Lipinski definition) is 1. The number of carbonyl (C=O) groups is 2. The first-order chi connectivity index (χ1) is 14.0. The fourth-order valence-electron chi connectivity index (χ4n) is 3.04. The molecule has 1 aliphatic rings. The predicted molar refractivity (Wildman–Crippen MR) is 110 cm³/mol. The average molecular weight is 409 g/mol. The molecule has 0 radical (unpaired) electrons. The lowest BCUT2D eigenvalue weighted by Gasteiger charge is -2.08. The van der Waals surface area contributed by atoms with Gasteiger partial charge in [0.25, 0.3) is 0 Å². The molecule has 0 bridgehead atoms. The van der Waals surface area contributed by atoms with Gasteiger partial charge in [-0.15, -0.1) is 11.3 Å². The lowest BCUT2D eigenvalue weighted by molar-refractivity contribution is -0.139. The smallest absolute Gasteiger partial charge is 0.347 e. The molecule has 148 valence electrons. The van der Waals surface area contributed by atoms with E-state index in [1.807, 2.05) is 54.8 Å². The molecule has 2 aromatic heterocycles. The minimum absolute atomic E-state index is 0.0419. The third kappa shape index (κ3) is 3.54. The number of rotatable bonds is 5. The molecule has 8 heteroatoms. The highest BCUT2D eigenvalue weighted by Gasteiger charge is 2.37. The number of imidazole rings is 1. The standard InChI is InChI=1S/C21H19N3O4S/c1-4-27-20(26)17-18(25)16(28-19(17)23-14-8-6-5-7-9-14)10-15-13(3)22-21-24(15)11-12(2)29-21/h5-11,23H,4H2,1-3H3/b16-10-. The van der Waals surface area contributed by atoms with Gasteiger partial charge in [-0.25, -0.2) is 9.78 Å². The van der Waals surface area contributed by atoms with Gasteiger partial charge in [0.15, 0.2) is 16.3 Å². The molecule has 7 nitrogen and oxygen atoms in total. The summed E-state index contributed by atoms with van der Waals surface area (Å²) >= 11 is 1.56. The topological polar surface area (TPSA) is 81.9 Å². The summed E-state index contributed by atoms with van der Waals surface area (Å²) in [4.78, 5) is 31.9. The second-order valence-electron chi connectivity index (χ2n) is 6.43. The number of carbonyl (C=O) groups excluding carboxylic acids is 2. The summed E-state index contributed by atoms with van der Waals surface area (Å²) in [5.74, 6) is -1.14. The molecule has 3 heterocycles. The molecule has 3 aromatic rings. The molecule has 0 saturated heterocycles. The Morgan fingerprint density at radius 3 is 2.79 bits per heavy atom. The molecule has 0 amide bonds. The van der Waals surface area contributed by atoms with Gasteiger partial charge in [-0.3, -0.25) is 9.20 Å². The van der Waals surface area contributed by atoms with Crippen LogP contribution in [0.25, 0.3) is 11.0 Å². The van der Waals surface area contributed by atoms with Crippen LogP contribution in [0.1, 0.15) is 23.2 Å². The summed E-state index contributed by atoms with van der Waals surface area (Å²) in [5.41, 5.74) is 2.04. The van der Waals surface area contributed by atoms with Crippen molar-refractivity contribution in [1.29, 1.82) is 0 Å². The number of Topliss-reactive ketones (excluding diaryl/α,β-unsaturated/α-hetero) is 1. The highest BCUT2D eigenvalue weighted by Crippen LogP contribution is 2.30. The molecule has 0 unspecified atom stereocenters. The molecule has 29 heavy (non-hydrogen) atoms. The Balaban J connectivity index is 1.73. The van der Waals surface area contributed by atoms with Crippen LogP contribution in [0.2, 0.25) is 0 Å². The van der Waals surface area contributed by atoms with E-state index in [0.29, 0.717) is 5.69 Å². The Bertz CT molecular complexity index is 1170. The normalized spacial score (nSPS) is 15.3. The van der Waals surface area contributed by atoms with E-state index in [-0.39, 0.29) is 23.8 Å². The summed E-state index contributed by atoms with van der Waals surface area (Å²) in [6.07, 6.45) is 3.57. The number of thiazole rings is 1. The van der Waals surface area contributed by atoms with Crippen LogP contribution >= 0.6 is 11.3 Å². The van der Waals surface area contributed by atoms with Crippen molar-refractivity contribution in [2.45, 2.75) is 20.8 Å². The predicted octanol–water partition coefficient (Wildman–Crippen LogP) is 3.84. The number of nitrogens with zero attached hydrogens (tertiary/aromatic N) is 2. The number of aryl methyl sites for hydroxylation is 2. The van der Waals surface area contributed by atoms with E-state index in [1.54, 1.807) is 24.3 Å². The maximum Gasteiger partial charge on any atom is 0.347 e.